The highest BCUT2D eigenvalue weighted by Crippen LogP contribution is 2.24. The first kappa shape index (κ1) is 14.4. The summed E-state index contributed by atoms with van der Waals surface area (Å²) in [5.74, 6) is -0.0572. The average molecular weight is 295 g/mol. The second-order valence-electron chi connectivity index (χ2n) is 5.62. The van der Waals surface area contributed by atoms with Crippen molar-refractivity contribution in [2.75, 3.05) is 28.6 Å². The first-order chi connectivity index (χ1) is 10.7. The van der Waals surface area contributed by atoms with Crippen molar-refractivity contribution in [3.05, 3.63) is 48.5 Å². The van der Waals surface area contributed by atoms with Gasteiger partial charge in [-0.2, -0.15) is 0 Å². The number of benzene rings is 2. The lowest BCUT2D eigenvalue weighted by Gasteiger charge is -2.18. The number of anilines is 4. The van der Waals surface area contributed by atoms with Crippen LogP contribution in [0.3, 0.4) is 0 Å². The standard InChI is InChI=1S/C18H21N3O/c1-14(22)19-15-4-6-16(7-5-15)20-17-8-10-18(11-9-17)21-12-2-3-13-21/h4-11,20H,2-3,12-13H2,1H3,(H,19,22). The molecule has 1 aliphatic rings. The van der Waals surface area contributed by atoms with E-state index < -0.39 is 0 Å². The van der Waals surface area contributed by atoms with Crippen LogP contribution in [0.4, 0.5) is 22.7 Å². The lowest BCUT2D eigenvalue weighted by molar-refractivity contribution is -0.114. The van der Waals surface area contributed by atoms with Gasteiger partial charge in [-0.1, -0.05) is 0 Å². The fourth-order valence-electron chi connectivity index (χ4n) is 2.74. The highest BCUT2D eigenvalue weighted by atomic mass is 16.1. The largest absolute Gasteiger partial charge is 0.372 e. The Bertz CT molecular complexity index is 628. The number of carbonyl (C=O) groups is 1. The van der Waals surface area contributed by atoms with E-state index in [0.717, 1.165) is 30.2 Å². The van der Waals surface area contributed by atoms with Crippen molar-refractivity contribution < 1.29 is 4.79 Å². The molecule has 4 heteroatoms. The summed E-state index contributed by atoms with van der Waals surface area (Å²) in [5, 5.41) is 6.13. The Labute approximate surface area is 131 Å². The highest BCUT2D eigenvalue weighted by molar-refractivity contribution is 5.88. The van der Waals surface area contributed by atoms with Crippen molar-refractivity contribution in [3.8, 4) is 0 Å². The Morgan fingerprint density at radius 2 is 1.36 bits per heavy atom. The Morgan fingerprint density at radius 3 is 1.91 bits per heavy atom. The van der Waals surface area contributed by atoms with Gasteiger partial charge in [-0.3, -0.25) is 4.79 Å². The number of hydrogen-bond acceptors (Lipinski definition) is 3. The molecule has 4 nitrogen and oxygen atoms in total. The summed E-state index contributed by atoms with van der Waals surface area (Å²) in [4.78, 5) is 13.4. The molecule has 0 aliphatic carbocycles. The van der Waals surface area contributed by atoms with Crippen LogP contribution in [0.1, 0.15) is 19.8 Å². The van der Waals surface area contributed by atoms with Crippen molar-refractivity contribution in [1.29, 1.82) is 0 Å². The van der Waals surface area contributed by atoms with E-state index in [0.29, 0.717) is 0 Å². The van der Waals surface area contributed by atoms with E-state index in [1.807, 2.05) is 24.3 Å². The molecule has 22 heavy (non-hydrogen) atoms. The SMILES string of the molecule is CC(=O)Nc1ccc(Nc2ccc(N3CCCC3)cc2)cc1. The van der Waals surface area contributed by atoms with E-state index in [9.17, 15) is 4.79 Å². The fraction of sp³-hybridized carbons (Fsp3) is 0.278. The number of nitrogens with zero attached hydrogens (tertiary/aromatic N) is 1. The van der Waals surface area contributed by atoms with Gasteiger partial charge >= 0.3 is 0 Å². The maximum Gasteiger partial charge on any atom is 0.221 e. The van der Waals surface area contributed by atoms with Crippen molar-refractivity contribution in [2.24, 2.45) is 0 Å². The molecule has 0 unspecified atom stereocenters. The van der Waals surface area contributed by atoms with Crippen molar-refractivity contribution in [2.45, 2.75) is 19.8 Å². The van der Waals surface area contributed by atoms with Gasteiger partial charge in [0, 0.05) is 42.8 Å². The van der Waals surface area contributed by atoms with E-state index in [-0.39, 0.29) is 5.91 Å². The van der Waals surface area contributed by atoms with Gasteiger partial charge in [0.2, 0.25) is 5.91 Å². The molecule has 0 radical (unpaired) electrons. The van der Waals surface area contributed by atoms with E-state index in [4.69, 9.17) is 0 Å². The molecule has 0 aromatic heterocycles. The van der Waals surface area contributed by atoms with Gasteiger partial charge in [0.05, 0.1) is 0 Å². The number of hydrogen-bond donors (Lipinski definition) is 2. The molecule has 0 spiro atoms. The third-order valence-corrected chi connectivity index (χ3v) is 3.83. The van der Waals surface area contributed by atoms with Gasteiger partial charge in [0.25, 0.3) is 0 Å². The van der Waals surface area contributed by atoms with Crippen molar-refractivity contribution in [3.63, 3.8) is 0 Å². The fourth-order valence-corrected chi connectivity index (χ4v) is 2.74. The van der Waals surface area contributed by atoms with Crippen LogP contribution in [-0.4, -0.2) is 19.0 Å². The maximum absolute atomic E-state index is 11.0. The van der Waals surface area contributed by atoms with E-state index in [1.54, 1.807) is 0 Å². The zero-order valence-electron chi connectivity index (χ0n) is 12.8. The molecule has 114 valence electrons. The highest BCUT2D eigenvalue weighted by Gasteiger charge is 2.11. The van der Waals surface area contributed by atoms with Gasteiger partial charge < -0.3 is 15.5 Å². The van der Waals surface area contributed by atoms with Gasteiger partial charge in [0.15, 0.2) is 0 Å². The van der Waals surface area contributed by atoms with Crippen LogP contribution in [-0.2, 0) is 4.79 Å². The minimum atomic E-state index is -0.0572. The van der Waals surface area contributed by atoms with Crippen LogP contribution in [0.5, 0.6) is 0 Å². The summed E-state index contributed by atoms with van der Waals surface area (Å²) in [5.41, 5.74) is 4.17. The van der Waals surface area contributed by atoms with Crippen LogP contribution in [0.15, 0.2) is 48.5 Å². The van der Waals surface area contributed by atoms with Crippen molar-refractivity contribution in [1.82, 2.24) is 0 Å². The third kappa shape index (κ3) is 3.58. The lowest BCUT2D eigenvalue weighted by Crippen LogP contribution is -2.17. The first-order valence-electron chi connectivity index (χ1n) is 7.70. The molecule has 1 saturated heterocycles. The van der Waals surface area contributed by atoms with Crippen LogP contribution in [0.25, 0.3) is 0 Å². The summed E-state index contributed by atoms with van der Waals surface area (Å²) in [6.07, 6.45) is 2.58. The molecule has 3 rings (SSSR count). The number of nitrogens with one attached hydrogen (secondary N) is 2. The Kier molecular flexibility index (Phi) is 4.28. The molecule has 2 aromatic carbocycles. The summed E-state index contributed by atoms with van der Waals surface area (Å²) in [6, 6.07) is 16.2. The predicted molar refractivity (Wildman–Crippen MR) is 91.9 cm³/mol. The molecule has 0 atom stereocenters. The second kappa shape index (κ2) is 6.52. The third-order valence-electron chi connectivity index (χ3n) is 3.83. The van der Waals surface area contributed by atoms with E-state index in [1.165, 1.54) is 25.5 Å². The zero-order chi connectivity index (χ0) is 15.4. The summed E-state index contributed by atoms with van der Waals surface area (Å²) >= 11 is 0. The second-order valence-corrected chi connectivity index (χ2v) is 5.62. The monoisotopic (exact) mass is 295 g/mol. The first-order valence-corrected chi connectivity index (χ1v) is 7.70. The van der Waals surface area contributed by atoms with Gasteiger partial charge in [-0.25, -0.2) is 0 Å². The summed E-state index contributed by atoms with van der Waals surface area (Å²) in [7, 11) is 0. The summed E-state index contributed by atoms with van der Waals surface area (Å²) < 4.78 is 0. The van der Waals surface area contributed by atoms with Gasteiger partial charge in [-0.05, 0) is 61.4 Å². The van der Waals surface area contributed by atoms with Crippen LogP contribution in [0.2, 0.25) is 0 Å². The van der Waals surface area contributed by atoms with Crippen LogP contribution in [0, 0.1) is 0 Å². The van der Waals surface area contributed by atoms with Gasteiger partial charge in [0.1, 0.15) is 0 Å². The number of rotatable bonds is 4. The molecule has 0 bridgehead atoms. The zero-order valence-corrected chi connectivity index (χ0v) is 12.8. The Hall–Kier alpha value is -2.49. The molecule has 2 N–H and O–H groups in total. The van der Waals surface area contributed by atoms with E-state index in [2.05, 4.69) is 39.8 Å². The molecule has 1 aliphatic heterocycles. The molecular formula is C18H21N3O. The molecule has 0 saturated carbocycles. The van der Waals surface area contributed by atoms with Crippen LogP contribution < -0.4 is 15.5 Å². The number of carbonyl (C=O) groups excluding carboxylic acids is 1. The summed E-state index contributed by atoms with van der Waals surface area (Å²) in [6.45, 7) is 3.84. The van der Waals surface area contributed by atoms with E-state index >= 15 is 0 Å². The Balaban J connectivity index is 1.63. The topological polar surface area (TPSA) is 44.4 Å². The molecule has 2 aromatic rings. The Morgan fingerprint density at radius 1 is 0.864 bits per heavy atom. The smallest absolute Gasteiger partial charge is 0.221 e. The normalized spacial score (nSPS) is 14.0. The minimum Gasteiger partial charge on any atom is -0.372 e. The average Bonchev–Trinajstić information content (AvgIpc) is 3.04. The lowest BCUT2D eigenvalue weighted by atomic mass is 10.2. The molecule has 1 fully saturated rings. The predicted octanol–water partition coefficient (Wildman–Crippen LogP) is 3.99. The quantitative estimate of drug-likeness (QED) is 0.896. The molecule has 1 amide bonds. The van der Waals surface area contributed by atoms with Crippen molar-refractivity contribution >= 4 is 28.7 Å². The van der Waals surface area contributed by atoms with Gasteiger partial charge in [-0.15, -0.1) is 0 Å². The van der Waals surface area contributed by atoms with Crippen LogP contribution >= 0.6 is 0 Å². The maximum atomic E-state index is 11.0. The molecular weight excluding hydrogens is 274 g/mol. The number of amides is 1. The molecule has 1 heterocycles. The minimum absolute atomic E-state index is 0.0572.